The molecule has 120 valence electrons. The number of alkyl halides is 1. The number of ether oxygens (including phenoxy) is 1. The average molecular weight is 330 g/mol. The predicted molar refractivity (Wildman–Crippen MR) is 76.9 cm³/mol. The van der Waals surface area contributed by atoms with E-state index in [9.17, 15) is 25.5 Å². The lowest BCUT2D eigenvalue weighted by Gasteiger charge is -2.47. The van der Waals surface area contributed by atoms with Gasteiger partial charge in [0.25, 0.3) is 0 Å². The second kappa shape index (κ2) is 5.47. The van der Waals surface area contributed by atoms with E-state index in [-0.39, 0.29) is 5.56 Å². The normalized spacial score (nSPS) is 37.4. The predicted octanol–water partition coefficient (Wildman–Crippen LogP) is -0.648. The lowest BCUT2D eigenvalue weighted by atomic mass is 9.78. The van der Waals surface area contributed by atoms with Crippen molar-refractivity contribution in [1.82, 2.24) is 4.98 Å². The Balaban J connectivity index is 2.15. The Morgan fingerprint density at radius 1 is 1.18 bits per heavy atom. The molecule has 1 aromatic carbocycles. The first-order chi connectivity index (χ1) is 10.4. The summed E-state index contributed by atoms with van der Waals surface area (Å²) in [5.74, 6) is 0. The number of nitrogens with one attached hydrogen (secondary N) is 1. The fraction of sp³-hybridized carbons (Fsp3) is 0.429. The van der Waals surface area contributed by atoms with E-state index in [1.807, 2.05) is 0 Å². The topological polar surface area (TPSA) is 126 Å². The van der Waals surface area contributed by atoms with Crippen molar-refractivity contribution >= 4 is 22.5 Å². The van der Waals surface area contributed by atoms with Crippen LogP contribution in [0.5, 0.6) is 0 Å². The van der Waals surface area contributed by atoms with Crippen LogP contribution in [0.15, 0.2) is 30.5 Å². The molecule has 0 aliphatic carbocycles. The molecule has 1 unspecified atom stereocenters. The number of halogens is 1. The Hall–Kier alpha value is -1.19. The van der Waals surface area contributed by atoms with E-state index in [1.54, 1.807) is 24.3 Å². The van der Waals surface area contributed by atoms with Gasteiger partial charge in [0.1, 0.15) is 18.3 Å². The molecule has 0 radical (unpaired) electrons. The second-order valence-corrected chi connectivity index (χ2v) is 5.77. The maximum atomic E-state index is 10.9. The third-order valence-electron chi connectivity index (χ3n) is 4.07. The van der Waals surface area contributed by atoms with Gasteiger partial charge < -0.3 is 35.3 Å². The molecule has 0 spiro atoms. The van der Waals surface area contributed by atoms with Gasteiger partial charge in [0.2, 0.25) is 0 Å². The minimum atomic E-state index is -2.27. The number of hydrogen-bond acceptors (Lipinski definition) is 6. The highest BCUT2D eigenvalue weighted by atomic mass is 35.5. The zero-order valence-electron chi connectivity index (χ0n) is 11.3. The van der Waals surface area contributed by atoms with E-state index in [4.69, 9.17) is 16.3 Å². The van der Waals surface area contributed by atoms with Gasteiger partial charge in [-0.25, -0.2) is 0 Å². The lowest BCUT2D eigenvalue weighted by Crippen LogP contribution is -2.66. The molecule has 1 fully saturated rings. The molecule has 2 aromatic rings. The smallest absolute Gasteiger partial charge is 0.184 e. The van der Waals surface area contributed by atoms with Crippen LogP contribution in [0.4, 0.5) is 0 Å². The van der Waals surface area contributed by atoms with Crippen molar-refractivity contribution in [1.29, 1.82) is 0 Å². The first kappa shape index (κ1) is 15.7. The van der Waals surface area contributed by atoms with Gasteiger partial charge in [0.05, 0.1) is 0 Å². The van der Waals surface area contributed by atoms with E-state index in [2.05, 4.69) is 4.98 Å². The van der Waals surface area contributed by atoms with Crippen LogP contribution in [0, 0.1) is 0 Å². The van der Waals surface area contributed by atoms with Crippen LogP contribution in [-0.4, -0.2) is 60.7 Å². The van der Waals surface area contributed by atoms with Gasteiger partial charge in [-0.3, -0.25) is 0 Å². The van der Waals surface area contributed by atoms with E-state index < -0.39 is 35.8 Å². The van der Waals surface area contributed by atoms with Crippen molar-refractivity contribution in [2.24, 2.45) is 0 Å². The summed E-state index contributed by atoms with van der Waals surface area (Å²) in [5, 5.41) is 51.3. The van der Waals surface area contributed by atoms with Crippen LogP contribution in [0.3, 0.4) is 0 Å². The highest BCUT2D eigenvalue weighted by Crippen LogP contribution is 2.41. The van der Waals surface area contributed by atoms with Crippen molar-refractivity contribution in [3.63, 3.8) is 0 Å². The van der Waals surface area contributed by atoms with Crippen LogP contribution in [0.2, 0.25) is 0 Å². The molecule has 6 N–H and O–H groups in total. The van der Waals surface area contributed by atoms with Gasteiger partial charge in [0.15, 0.2) is 17.5 Å². The minimum absolute atomic E-state index is 0.174. The Morgan fingerprint density at radius 3 is 2.55 bits per heavy atom. The van der Waals surface area contributed by atoms with Gasteiger partial charge >= 0.3 is 0 Å². The number of benzene rings is 1. The Morgan fingerprint density at radius 2 is 1.86 bits per heavy atom. The van der Waals surface area contributed by atoms with Crippen molar-refractivity contribution < 1.29 is 30.3 Å². The van der Waals surface area contributed by atoms with E-state index in [0.717, 1.165) is 0 Å². The number of H-pyrrole nitrogens is 1. The van der Waals surface area contributed by atoms with Gasteiger partial charge in [-0.05, 0) is 6.07 Å². The van der Waals surface area contributed by atoms with Crippen molar-refractivity contribution in [3.8, 4) is 0 Å². The first-order valence-electron chi connectivity index (χ1n) is 6.68. The lowest BCUT2D eigenvalue weighted by molar-refractivity contribution is -0.329. The largest absolute Gasteiger partial charge is 0.387 e. The van der Waals surface area contributed by atoms with Crippen LogP contribution < -0.4 is 0 Å². The highest BCUT2D eigenvalue weighted by molar-refractivity contribution is 6.19. The Labute approximate surface area is 130 Å². The van der Waals surface area contributed by atoms with Gasteiger partial charge in [-0.1, -0.05) is 29.8 Å². The fourth-order valence-corrected chi connectivity index (χ4v) is 3.09. The van der Waals surface area contributed by atoms with Crippen molar-refractivity contribution in [3.05, 3.63) is 36.0 Å². The molecule has 7 nitrogen and oxygen atoms in total. The second-order valence-electron chi connectivity index (χ2n) is 5.33. The van der Waals surface area contributed by atoms with Crippen molar-refractivity contribution in [2.75, 3.05) is 0 Å². The summed E-state index contributed by atoms with van der Waals surface area (Å²) in [7, 11) is 0. The van der Waals surface area contributed by atoms with E-state index in [1.165, 1.54) is 6.20 Å². The van der Waals surface area contributed by atoms with Crippen LogP contribution >= 0.6 is 11.6 Å². The molecule has 6 atom stereocenters. The standard InChI is InChI=1S/C14H16ClNO6/c15-12(19)9-10(17)14(21,11(18)13(20)22-9)7-5-16-8-4-2-1-3-6(7)8/h1-5,9-13,16-21H/t9-,10-,11-,12?,13+,14-/m0/s1. The molecule has 1 aromatic heterocycles. The molecule has 0 amide bonds. The maximum Gasteiger partial charge on any atom is 0.184 e. The summed E-state index contributed by atoms with van der Waals surface area (Å²) in [4.78, 5) is 2.91. The summed E-state index contributed by atoms with van der Waals surface area (Å²) in [6.45, 7) is 0. The molecule has 2 heterocycles. The number of rotatable bonds is 2. The minimum Gasteiger partial charge on any atom is -0.387 e. The quantitative estimate of drug-likeness (QED) is 0.407. The molecule has 22 heavy (non-hydrogen) atoms. The third kappa shape index (κ3) is 2.14. The van der Waals surface area contributed by atoms with Gasteiger partial charge in [-0.2, -0.15) is 0 Å². The first-order valence-corrected chi connectivity index (χ1v) is 7.11. The number of aromatic amines is 1. The Kier molecular flexibility index (Phi) is 3.90. The monoisotopic (exact) mass is 329 g/mol. The van der Waals surface area contributed by atoms with Crippen LogP contribution in [0.25, 0.3) is 10.9 Å². The van der Waals surface area contributed by atoms with Crippen LogP contribution in [0.1, 0.15) is 5.56 Å². The highest BCUT2D eigenvalue weighted by Gasteiger charge is 2.57. The number of aromatic nitrogens is 1. The zero-order chi connectivity index (χ0) is 16.1. The molecule has 1 aliphatic heterocycles. The molecule has 8 heteroatoms. The number of para-hydroxylation sites is 1. The maximum absolute atomic E-state index is 10.9. The average Bonchev–Trinajstić information content (AvgIpc) is 2.93. The SMILES string of the molecule is OC(Cl)[C@H]1O[C@@H](O)[C@H](O)[C@](O)(c2c[nH]c3ccccc23)[C@H]1O. The summed E-state index contributed by atoms with van der Waals surface area (Å²) in [5.41, 5.74) is -3.09. The summed E-state index contributed by atoms with van der Waals surface area (Å²) < 4.78 is 4.88. The molecule has 0 bridgehead atoms. The summed E-state index contributed by atoms with van der Waals surface area (Å²) in [6, 6.07) is 6.95. The van der Waals surface area contributed by atoms with Gasteiger partial charge in [0, 0.05) is 22.7 Å². The zero-order valence-corrected chi connectivity index (χ0v) is 12.1. The fourth-order valence-electron chi connectivity index (χ4n) is 2.89. The third-order valence-corrected chi connectivity index (χ3v) is 4.32. The molecular formula is C14H16ClNO6. The summed E-state index contributed by atoms with van der Waals surface area (Å²) >= 11 is 5.53. The molecular weight excluding hydrogens is 314 g/mol. The van der Waals surface area contributed by atoms with Crippen LogP contribution in [-0.2, 0) is 10.3 Å². The number of aliphatic hydroxyl groups is 5. The molecule has 1 aliphatic rings. The Bertz CT molecular complexity index is 676. The number of hydrogen-bond donors (Lipinski definition) is 6. The van der Waals surface area contributed by atoms with Gasteiger partial charge in [-0.15, -0.1) is 0 Å². The number of aliphatic hydroxyl groups excluding tert-OH is 4. The van der Waals surface area contributed by atoms with E-state index >= 15 is 0 Å². The number of fused-ring (bicyclic) bond motifs is 1. The van der Waals surface area contributed by atoms with E-state index in [0.29, 0.717) is 10.9 Å². The summed E-state index contributed by atoms with van der Waals surface area (Å²) in [6.07, 6.45) is -5.45. The molecule has 1 saturated heterocycles. The molecule has 0 saturated carbocycles. The van der Waals surface area contributed by atoms with Crippen molar-refractivity contribution in [2.45, 2.75) is 35.8 Å². The molecule has 3 rings (SSSR count).